The van der Waals surface area contributed by atoms with E-state index < -0.39 is 0 Å². The predicted octanol–water partition coefficient (Wildman–Crippen LogP) is 3.80. The lowest BCUT2D eigenvalue weighted by Crippen LogP contribution is -2.47. The molecule has 6 nitrogen and oxygen atoms in total. The third-order valence-electron chi connectivity index (χ3n) is 5.76. The van der Waals surface area contributed by atoms with Crippen LogP contribution in [-0.4, -0.2) is 60.0 Å². The minimum absolute atomic E-state index is 0.298. The van der Waals surface area contributed by atoms with Crippen molar-refractivity contribution in [3.8, 4) is 5.88 Å². The van der Waals surface area contributed by atoms with E-state index in [0.717, 1.165) is 68.2 Å². The van der Waals surface area contributed by atoms with Gasteiger partial charge >= 0.3 is 0 Å². The molecule has 1 saturated carbocycles. The first-order valence-corrected chi connectivity index (χ1v) is 11.1. The minimum atomic E-state index is 0.298. The average Bonchev–Trinajstić information content (AvgIpc) is 3.57. The molecule has 0 amide bonds. The smallest absolute Gasteiger partial charge is 0.221 e. The van der Waals surface area contributed by atoms with E-state index in [-0.39, 0.29) is 0 Å². The van der Waals surface area contributed by atoms with Crippen molar-refractivity contribution in [1.29, 1.82) is 0 Å². The van der Waals surface area contributed by atoms with Gasteiger partial charge in [0.05, 0.1) is 0 Å². The fourth-order valence-electron chi connectivity index (χ4n) is 3.77. The summed E-state index contributed by atoms with van der Waals surface area (Å²) in [5, 5.41) is 3.43. The van der Waals surface area contributed by atoms with E-state index in [2.05, 4.69) is 66.3 Å². The molecule has 4 rings (SSSR count). The minimum Gasteiger partial charge on any atom is -0.474 e. The highest BCUT2D eigenvalue weighted by Gasteiger charge is 2.28. The molecule has 0 radical (unpaired) electrons. The van der Waals surface area contributed by atoms with Crippen LogP contribution in [0.1, 0.15) is 45.6 Å². The Hall–Kier alpha value is -2.60. The number of hydrogen-bond donors (Lipinski definition) is 1. The number of ether oxygens (including phenoxy) is 1. The van der Waals surface area contributed by atoms with Crippen LogP contribution in [0.5, 0.6) is 5.88 Å². The molecule has 1 N–H and O–H groups in total. The highest BCUT2D eigenvalue weighted by atomic mass is 16.5. The lowest BCUT2D eigenvalue weighted by Gasteiger charge is -2.34. The van der Waals surface area contributed by atoms with Gasteiger partial charge in [0.1, 0.15) is 17.8 Å². The van der Waals surface area contributed by atoms with Gasteiger partial charge in [-0.25, -0.2) is 9.98 Å². The van der Waals surface area contributed by atoms with Gasteiger partial charge in [0.25, 0.3) is 0 Å². The van der Waals surface area contributed by atoms with Crippen molar-refractivity contribution in [2.45, 2.75) is 46.1 Å². The van der Waals surface area contributed by atoms with E-state index in [9.17, 15) is 0 Å². The third-order valence-corrected chi connectivity index (χ3v) is 5.76. The van der Waals surface area contributed by atoms with Crippen molar-refractivity contribution in [3.63, 3.8) is 0 Å². The van der Waals surface area contributed by atoms with Crippen LogP contribution in [0.15, 0.2) is 52.6 Å². The molecule has 1 aliphatic carbocycles. The summed E-state index contributed by atoms with van der Waals surface area (Å²) >= 11 is 0. The van der Waals surface area contributed by atoms with Crippen LogP contribution < -0.4 is 10.1 Å². The zero-order valence-corrected chi connectivity index (χ0v) is 18.6. The second-order valence-electron chi connectivity index (χ2n) is 8.35. The van der Waals surface area contributed by atoms with Crippen LogP contribution in [0.3, 0.4) is 0 Å². The summed E-state index contributed by atoms with van der Waals surface area (Å²) in [6.07, 6.45) is 9.75. The van der Waals surface area contributed by atoms with E-state index in [1.807, 2.05) is 12.3 Å². The molecule has 30 heavy (non-hydrogen) atoms. The molecule has 3 heterocycles. The molecule has 160 valence electrons. The van der Waals surface area contributed by atoms with E-state index >= 15 is 0 Å². The molecular weight excluding hydrogens is 374 g/mol. The van der Waals surface area contributed by atoms with Crippen molar-refractivity contribution >= 4 is 11.4 Å². The fraction of sp³-hybridized carbons (Fsp3) is 0.500. The van der Waals surface area contributed by atoms with Crippen LogP contribution in [0.2, 0.25) is 0 Å². The number of hydrogen-bond acceptors (Lipinski definition) is 6. The number of nitrogens with zero attached hydrogens (tertiary/aromatic N) is 4. The number of allylic oxidation sites excluding steroid dienone is 3. The van der Waals surface area contributed by atoms with E-state index in [0.29, 0.717) is 12.0 Å². The number of aliphatic imine (C=N–C) groups is 1. The molecule has 0 spiro atoms. The Bertz CT molecular complexity index is 904. The quantitative estimate of drug-likeness (QED) is 0.805. The van der Waals surface area contributed by atoms with Crippen molar-refractivity contribution in [3.05, 3.63) is 53.1 Å². The van der Waals surface area contributed by atoms with Gasteiger partial charge in [0.15, 0.2) is 0 Å². The second-order valence-corrected chi connectivity index (χ2v) is 8.35. The molecule has 0 bridgehead atoms. The first-order chi connectivity index (χ1) is 14.6. The van der Waals surface area contributed by atoms with Crippen LogP contribution in [0.4, 0.5) is 0 Å². The summed E-state index contributed by atoms with van der Waals surface area (Å²) in [6, 6.07) is 4.08. The van der Waals surface area contributed by atoms with Crippen molar-refractivity contribution in [2.75, 3.05) is 33.2 Å². The van der Waals surface area contributed by atoms with Crippen molar-refractivity contribution in [2.24, 2.45) is 4.99 Å². The molecule has 2 aliphatic heterocycles. The Morgan fingerprint density at radius 1 is 1.30 bits per heavy atom. The summed E-state index contributed by atoms with van der Waals surface area (Å²) in [7, 11) is 2.07. The first-order valence-electron chi connectivity index (χ1n) is 11.1. The maximum atomic E-state index is 6.17. The van der Waals surface area contributed by atoms with Crippen molar-refractivity contribution < 1.29 is 4.74 Å². The zero-order chi connectivity index (χ0) is 21.1. The molecule has 6 heteroatoms. The monoisotopic (exact) mass is 407 g/mol. The SMILES string of the molecule is CCC(C)=C/C(=C1/N=C(N2CCNCC2)C(C)=CN1C)c1cccnc1OC1CC1. The Morgan fingerprint density at radius 3 is 2.77 bits per heavy atom. The Kier molecular flexibility index (Phi) is 6.23. The van der Waals surface area contributed by atoms with Gasteiger partial charge in [0, 0.05) is 62.3 Å². The van der Waals surface area contributed by atoms with Gasteiger partial charge in [-0.1, -0.05) is 18.6 Å². The van der Waals surface area contributed by atoms with Crippen LogP contribution in [0, 0.1) is 0 Å². The maximum absolute atomic E-state index is 6.17. The predicted molar refractivity (Wildman–Crippen MR) is 122 cm³/mol. The summed E-state index contributed by atoms with van der Waals surface area (Å²) < 4.78 is 6.17. The normalized spacial score (nSPS) is 21.9. The van der Waals surface area contributed by atoms with Crippen molar-refractivity contribution in [1.82, 2.24) is 20.1 Å². The van der Waals surface area contributed by atoms with Gasteiger partial charge in [-0.05, 0) is 45.2 Å². The Labute approximate surface area is 180 Å². The van der Waals surface area contributed by atoms with Crippen LogP contribution >= 0.6 is 0 Å². The first kappa shape index (κ1) is 20.7. The van der Waals surface area contributed by atoms with Gasteiger partial charge < -0.3 is 19.9 Å². The van der Waals surface area contributed by atoms with Gasteiger partial charge in [-0.2, -0.15) is 0 Å². The molecule has 2 fully saturated rings. The molecule has 0 aromatic carbocycles. The standard InChI is InChI=1S/C24H33N5O/c1-5-17(2)15-21(20-7-6-10-26-24(20)30-19-8-9-19)23-27-22(18(3)16-28(23)4)29-13-11-25-12-14-29/h6-7,10,15-16,19,25H,5,8-9,11-14H2,1-4H3/b17-15?,23-21+. The van der Waals surface area contributed by atoms with Crippen LogP contribution in [0.25, 0.3) is 5.57 Å². The zero-order valence-electron chi connectivity index (χ0n) is 18.6. The number of rotatable bonds is 5. The highest BCUT2D eigenvalue weighted by Crippen LogP contribution is 2.35. The largest absolute Gasteiger partial charge is 0.474 e. The molecule has 1 saturated heterocycles. The maximum Gasteiger partial charge on any atom is 0.221 e. The lowest BCUT2D eigenvalue weighted by molar-refractivity contribution is 0.290. The van der Waals surface area contributed by atoms with Gasteiger partial charge in [-0.15, -0.1) is 0 Å². The number of nitrogens with one attached hydrogen (secondary N) is 1. The van der Waals surface area contributed by atoms with E-state index in [1.165, 1.54) is 11.1 Å². The molecular formula is C24H33N5O. The number of pyridine rings is 1. The Morgan fingerprint density at radius 2 is 2.07 bits per heavy atom. The summed E-state index contributed by atoms with van der Waals surface area (Å²) in [4.78, 5) is 14.3. The fourth-order valence-corrected chi connectivity index (χ4v) is 3.77. The van der Waals surface area contributed by atoms with Gasteiger partial charge in [-0.3, -0.25) is 0 Å². The Balaban J connectivity index is 1.83. The average molecular weight is 408 g/mol. The number of piperazine rings is 1. The van der Waals surface area contributed by atoms with E-state index in [4.69, 9.17) is 9.73 Å². The lowest BCUT2D eigenvalue weighted by atomic mass is 10.0. The molecule has 1 aromatic heterocycles. The summed E-state index contributed by atoms with van der Waals surface area (Å²) in [5.41, 5.74) is 4.57. The second kappa shape index (κ2) is 9.04. The molecule has 1 aromatic rings. The molecule has 3 aliphatic rings. The summed E-state index contributed by atoms with van der Waals surface area (Å²) in [6.45, 7) is 10.4. The number of aromatic nitrogens is 1. The highest BCUT2D eigenvalue weighted by molar-refractivity contribution is 6.00. The number of amidine groups is 1. The summed E-state index contributed by atoms with van der Waals surface area (Å²) in [5.74, 6) is 2.72. The van der Waals surface area contributed by atoms with E-state index in [1.54, 1.807) is 0 Å². The molecule has 0 atom stereocenters. The topological polar surface area (TPSA) is 53.0 Å². The molecule has 0 unspecified atom stereocenters. The van der Waals surface area contributed by atoms with Crippen LogP contribution in [-0.2, 0) is 0 Å². The third kappa shape index (κ3) is 4.59. The van der Waals surface area contributed by atoms with Gasteiger partial charge in [0.2, 0.25) is 5.88 Å².